The van der Waals surface area contributed by atoms with Gasteiger partial charge in [-0.2, -0.15) is 0 Å². The molecule has 0 aliphatic heterocycles. The molecular weight excluding hydrogens is 260 g/mol. The molecule has 0 saturated carbocycles. The maximum atomic E-state index is 5.70. The highest BCUT2D eigenvalue weighted by Gasteiger charge is 1.97. The first kappa shape index (κ1) is 13.8. The van der Waals surface area contributed by atoms with Crippen LogP contribution in [0.15, 0.2) is 54.6 Å². The van der Waals surface area contributed by atoms with E-state index in [1.165, 1.54) is 0 Å². The van der Waals surface area contributed by atoms with E-state index in [0.29, 0.717) is 19.1 Å². The third kappa shape index (κ3) is 4.84. The summed E-state index contributed by atoms with van der Waals surface area (Å²) in [5.74, 6) is 2.31. The summed E-state index contributed by atoms with van der Waals surface area (Å²) in [6.07, 6.45) is 0.855. The maximum absolute atomic E-state index is 5.70. The fourth-order valence-corrected chi connectivity index (χ4v) is 1.73. The van der Waals surface area contributed by atoms with Gasteiger partial charge in [0.25, 0.3) is 0 Å². The van der Waals surface area contributed by atoms with Crippen LogP contribution in [0.4, 0.5) is 0 Å². The Labute approximate surface area is 118 Å². The molecule has 3 heteroatoms. The zero-order valence-corrected chi connectivity index (χ0v) is 11.5. The van der Waals surface area contributed by atoms with E-state index in [0.717, 1.165) is 23.5 Å². The predicted octanol–water partition coefficient (Wildman–Crippen LogP) is 4.27. The zero-order chi connectivity index (χ0) is 13.3. The lowest BCUT2D eigenvalue weighted by molar-refractivity contribution is 0.301. The predicted molar refractivity (Wildman–Crippen MR) is 78.0 cm³/mol. The molecule has 19 heavy (non-hydrogen) atoms. The Morgan fingerprint density at radius 2 is 1.42 bits per heavy atom. The van der Waals surface area contributed by atoms with Crippen molar-refractivity contribution in [1.29, 1.82) is 0 Å². The van der Waals surface area contributed by atoms with E-state index in [-0.39, 0.29) is 0 Å². The Balaban J connectivity index is 1.81. The topological polar surface area (TPSA) is 18.5 Å². The Kier molecular flexibility index (Phi) is 5.57. The number of ether oxygens (including phenoxy) is 2. The molecule has 2 aromatic rings. The highest BCUT2D eigenvalue weighted by molar-refractivity contribution is 6.17. The molecule has 0 radical (unpaired) electrons. The highest BCUT2D eigenvalue weighted by atomic mass is 35.5. The van der Waals surface area contributed by atoms with E-state index in [4.69, 9.17) is 21.1 Å². The number of rotatable bonds is 7. The van der Waals surface area contributed by atoms with Crippen LogP contribution >= 0.6 is 11.6 Å². The van der Waals surface area contributed by atoms with Gasteiger partial charge in [-0.3, -0.25) is 0 Å². The zero-order valence-electron chi connectivity index (χ0n) is 10.7. The van der Waals surface area contributed by atoms with Gasteiger partial charge in [0.1, 0.15) is 18.1 Å². The third-order valence-corrected chi connectivity index (χ3v) is 2.89. The summed E-state index contributed by atoms with van der Waals surface area (Å²) < 4.78 is 11.2. The largest absolute Gasteiger partial charge is 0.494 e. The minimum atomic E-state index is 0.577. The van der Waals surface area contributed by atoms with Crippen molar-refractivity contribution in [2.75, 3.05) is 12.5 Å². The van der Waals surface area contributed by atoms with Crippen LogP contribution in [0.2, 0.25) is 0 Å². The van der Waals surface area contributed by atoms with Crippen molar-refractivity contribution in [2.24, 2.45) is 0 Å². The summed E-state index contributed by atoms with van der Waals surface area (Å²) >= 11 is 5.59. The molecule has 2 aromatic carbocycles. The van der Waals surface area contributed by atoms with E-state index in [9.17, 15) is 0 Å². The molecule has 0 fully saturated rings. The quantitative estimate of drug-likeness (QED) is 0.555. The normalized spacial score (nSPS) is 10.2. The molecule has 0 atom stereocenters. The van der Waals surface area contributed by atoms with Gasteiger partial charge >= 0.3 is 0 Å². The number of halogens is 1. The number of alkyl halides is 1. The first-order valence-corrected chi connectivity index (χ1v) is 6.87. The van der Waals surface area contributed by atoms with E-state index < -0.39 is 0 Å². The van der Waals surface area contributed by atoms with Crippen LogP contribution in [0, 0.1) is 0 Å². The smallest absolute Gasteiger partial charge is 0.120 e. The van der Waals surface area contributed by atoms with Crippen molar-refractivity contribution in [3.8, 4) is 11.5 Å². The fraction of sp³-hybridized carbons (Fsp3) is 0.250. The van der Waals surface area contributed by atoms with Crippen LogP contribution in [0.3, 0.4) is 0 Å². The minimum absolute atomic E-state index is 0.577. The molecule has 0 bridgehead atoms. The summed E-state index contributed by atoms with van der Waals surface area (Å²) in [5, 5.41) is 0. The molecule has 2 nitrogen and oxygen atoms in total. The van der Waals surface area contributed by atoms with Gasteiger partial charge in [-0.05, 0) is 36.2 Å². The van der Waals surface area contributed by atoms with Crippen LogP contribution in [-0.4, -0.2) is 12.5 Å². The van der Waals surface area contributed by atoms with Crippen molar-refractivity contribution < 1.29 is 9.47 Å². The van der Waals surface area contributed by atoms with Crippen molar-refractivity contribution in [1.82, 2.24) is 0 Å². The van der Waals surface area contributed by atoms with Crippen LogP contribution in [-0.2, 0) is 6.61 Å². The maximum Gasteiger partial charge on any atom is 0.120 e. The lowest BCUT2D eigenvalue weighted by Crippen LogP contribution is -1.98. The van der Waals surface area contributed by atoms with Crippen molar-refractivity contribution in [3.05, 3.63) is 60.2 Å². The van der Waals surface area contributed by atoms with Crippen LogP contribution in [0.5, 0.6) is 11.5 Å². The van der Waals surface area contributed by atoms with Gasteiger partial charge in [-0.25, -0.2) is 0 Å². The molecule has 0 spiro atoms. The molecule has 0 unspecified atom stereocenters. The standard InChI is InChI=1S/C16H17ClO2/c17-11-4-12-18-15-7-9-16(10-8-15)19-13-14-5-2-1-3-6-14/h1-3,5-10H,4,11-13H2. The fourth-order valence-electron chi connectivity index (χ4n) is 1.62. The molecule has 0 aliphatic carbocycles. The molecule has 0 aromatic heterocycles. The first-order valence-electron chi connectivity index (χ1n) is 6.34. The van der Waals surface area contributed by atoms with Crippen LogP contribution < -0.4 is 9.47 Å². The summed E-state index contributed by atoms with van der Waals surface area (Å²) in [7, 11) is 0. The summed E-state index contributed by atoms with van der Waals surface area (Å²) in [5.41, 5.74) is 1.16. The molecule has 100 valence electrons. The molecule has 0 N–H and O–H groups in total. The first-order chi connectivity index (χ1) is 9.38. The van der Waals surface area contributed by atoms with Gasteiger partial charge in [-0.15, -0.1) is 11.6 Å². The van der Waals surface area contributed by atoms with Gasteiger partial charge in [0.15, 0.2) is 0 Å². The Morgan fingerprint density at radius 3 is 2.05 bits per heavy atom. The molecule has 0 aliphatic rings. The minimum Gasteiger partial charge on any atom is -0.494 e. The molecular formula is C16H17ClO2. The summed E-state index contributed by atoms with van der Waals surface area (Å²) in [4.78, 5) is 0. The monoisotopic (exact) mass is 276 g/mol. The van der Waals surface area contributed by atoms with Crippen molar-refractivity contribution >= 4 is 11.6 Å². The Hall–Kier alpha value is -1.67. The van der Waals surface area contributed by atoms with Gasteiger partial charge in [0, 0.05) is 5.88 Å². The summed E-state index contributed by atoms with van der Waals surface area (Å²) in [6.45, 7) is 1.22. The van der Waals surface area contributed by atoms with Crippen LogP contribution in [0.25, 0.3) is 0 Å². The average molecular weight is 277 g/mol. The molecule has 0 saturated heterocycles. The number of hydrogen-bond acceptors (Lipinski definition) is 2. The van der Waals surface area contributed by atoms with Crippen molar-refractivity contribution in [3.63, 3.8) is 0 Å². The second-order valence-electron chi connectivity index (χ2n) is 4.14. The van der Waals surface area contributed by atoms with E-state index in [1.807, 2.05) is 54.6 Å². The van der Waals surface area contributed by atoms with Crippen molar-refractivity contribution in [2.45, 2.75) is 13.0 Å². The SMILES string of the molecule is ClCCCOc1ccc(OCc2ccccc2)cc1. The van der Waals surface area contributed by atoms with E-state index >= 15 is 0 Å². The van der Waals surface area contributed by atoms with Gasteiger partial charge in [0.2, 0.25) is 0 Å². The van der Waals surface area contributed by atoms with Crippen LogP contribution in [0.1, 0.15) is 12.0 Å². The second-order valence-corrected chi connectivity index (χ2v) is 4.51. The Bertz CT molecular complexity index is 468. The highest BCUT2D eigenvalue weighted by Crippen LogP contribution is 2.18. The number of benzene rings is 2. The lowest BCUT2D eigenvalue weighted by Gasteiger charge is -2.08. The third-order valence-electron chi connectivity index (χ3n) is 2.62. The molecule has 0 amide bonds. The van der Waals surface area contributed by atoms with Gasteiger partial charge in [-0.1, -0.05) is 30.3 Å². The average Bonchev–Trinajstić information content (AvgIpc) is 2.48. The van der Waals surface area contributed by atoms with Gasteiger partial charge < -0.3 is 9.47 Å². The van der Waals surface area contributed by atoms with Gasteiger partial charge in [0.05, 0.1) is 6.61 Å². The Morgan fingerprint density at radius 1 is 0.789 bits per heavy atom. The lowest BCUT2D eigenvalue weighted by atomic mass is 10.2. The van der Waals surface area contributed by atoms with E-state index in [2.05, 4.69) is 0 Å². The summed E-state index contributed by atoms with van der Waals surface area (Å²) in [6, 6.07) is 17.8. The van der Waals surface area contributed by atoms with E-state index in [1.54, 1.807) is 0 Å². The molecule has 2 rings (SSSR count). The number of hydrogen-bond donors (Lipinski definition) is 0. The molecule has 0 heterocycles. The second kappa shape index (κ2) is 7.70.